The third-order valence-corrected chi connectivity index (χ3v) is 4.04. The lowest BCUT2D eigenvalue weighted by atomic mass is 10.2. The molecule has 0 bridgehead atoms. The van der Waals surface area contributed by atoms with E-state index < -0.39 is 5.97 Å². The summed E-state index contributed by atoms with van der Waals surface area (Å²) in [6, 6.07) is 11.4. The third-order valence-electron chi connectivity index (χ3n) is 3.16. The molecule has 0 radical (unpaired) electrons. The van der Waals surface area contributed by atoms with E-state index in [1.165, 1.54) is 11.3 Å². The zero-order valence-electron chi connectivity index (χ0n) is 12.6. The van der Waals surface area contributed by atoms with Crippen molar-refractivity contribution in [3.05, 3.63) is 64.4 Å². The fraction of sp³-hybridized carbons (Fsp3) is 0.176. The number of aliphatic carboxylic acids is 1. The smallest absolute Gasteiger partial charge is 0.328 e. The highest BCUT2D eigenvalue weighted by Gasteiger charge is 2.16. The SMILES string of the molecule is COc1ccsc1CN(Cc1ccccc1)C(=O)/C=C\C(=O)O. The summed E-state index contributed by atoms with van der Waals surface area (Å²) in [7, 11) is 1.58. The maximum absolute atomic E-state index is 12.3. The van der Waals surface area contributed by atoms with E-state index in [0.717, 1.165) is 28.3 Å². The van der Waals surface area contributed by atoms with Crippen molar-refractivity contribution >= 4 is 23.2 Å². The van der Waals surface area contributed by atoms with Crippen LogP contribution in [0.15, 0.2) is 53.9 Å². The average Bonchev–Trinajstić information content (AvgIpc) is 3.00. The number of nitrogens with zero attached hydrogens (tertiary/aromatic N) is 1. The number of carbonyl (C=O) groups is 2. The number of carboxylic acid groups (broad SMARTS) is 1. The summed E-state index contributed by atoms with van der Waals surface area (Å²) in [6.07, 6.45) is 1.93. The molecule has 0 atom stereocenters. The standard InChI is InChI=1S/C17H17NO4S/c1-22-14-9-10-23-15(14)12-18(16(19)7-8-17(20)21)11-13-5-3-2-4-6-13/h2-10H,11-12H2,1H3,(H,20,21)/b8-7-. The zero-order valence-corrected chi connectivity index (χ0v) is 13.5. The van der Waals surface area contributed by atoms with Crippen molar-refractivity contribution in [2.24, 2.45) is 0 Å². The number of carboxylic acids is 1. The minimum Gasteiger partial charge on any atom is -0.496 e. The number of hydrogen-bond acceptors (Lipinski definition) is 4. The van der Waals surface area contributed by atoms with Crippen LogP contribution in [0, 0.1) is 0 Å². The molecule has 0 aliphatic rings. The molecule has 23 heavy (non-hydrogen) atoms. The fourth-order valence-electron chi connectivity index (χ4n) is 2.06. The average molecular weight is 331 g/mol. The summed E-state index contributed by atoms with van der Waals surface area (Å²) in [5.41, 5.74) is 0.972. The predicted molar refractivity (Wildman–Crippen MR) is 88.3 cm³/mol. The molecule has 5 nitrogen and oxygen atoms in total. The Morgan fingerprint density at radius 3 is 2.57 bits per heavy atom. The van der Waals surface area contributed by atoms with Gasteiger partial charge in [0, 0.05) is 18.7 Å². The monoisotopic (exact) mass is 331 g/mol. The van der Waals surface area contributed by atoms with Gasteiger partial charge in [-0.1, -0.05) is 30.3 Å². The molecular formula is C17H17NO4S. The van der Waals surface area contributed by atoms with E-state index in [1.54, 1.807) is 12.0 Å². The number of methoxy groups -OCH3 is 1. The van der Waals surface area contributed by atoms with E-state index in [2.05, 4.69) is 0 Å². The van der Waals surface area contributed by atoms with Gasteiger partial charge in [-0.15, -0.1) is 11.3 Å². The van der Waals surface area contributed by atoms with Gasteiger partial charge in [0.2, 0.25) is 5.91 Å². The summed E-state index contributed by atoms with van der Waals surface area (Å²) in [5.74, 6) is -0.776. The highest BCUT2D eigenvalue weighted by molar-refractivity contribution is 7.10. The van der Waals surface area contributed by atoms with Crippen LogP contribution in [0.3, 0.4) is 0 Å². The number of benzene rings is 1. The van der Waals surface area contributed by atoms with Crippen LogP contribution in [0.1, 0.15) is 10.4 Å². The van der Waals surface area contributed by atoms with E-state index in [4.69, 9.17) is 9.84 Å². The first kappa shape index (κ1) is 16.8. The van der Waals surface area contributed by atoms with Crippen LogP contribution in [0.2, 0.25) is 0 Å². The van der Waals surface area contributed by atoms with Gasteiger partial charge in [-0.2, -0.15) is 0 Å². The maximum Gasteiger partial charge on any atom is 0.328 e. The van der Waals surface area contributed by atoms with E-state index >= 15 is 0 Å². The van der Waals surface area contributed by atoms with Gasteiger partial charge in [-0.3, -0.25) is 4.79 Å². The molecule has 2 rings (SSSR count). The first-order valence-corrected chi connectivity index (χ1v) is 7.82. The largest absolute Gasteiger partial charge is 0.496 e. The van der Waals surface area contributed by atoms with Gasteiger partial charge < -0.3 is 14.7 Å². The van der Waals surface area contributed by atoms with Crippen LogP contribution >= 0.6 is 11.3 Å². The van der Waals surface area contributed by atoms with Crippen LogP contribution in [0.5, 0.6) is 5.75 Å². The molecule has 2 aromatic rings. The highest BCUT2D eigenvalue weighted by atomic mass is 32.1. The van der Waals surface area contributed by atoms with Crippen molar-refractivity contribution < 1.29 is 19.4 Å². The van der Waals surface area contributed by atoms with Crippen LogP contribution in [-0.2, 0) is 22.7 Å². The second kappa shape index (κ2) is 8.14. The minimum atomic E-state index is -1.15. The van der Waals surface area contributed by atoms with E-state index in [1.807, 2.05) is 41.8 Å². The Balaban J connectivity index is 2.20. The Morgan fingerprint density at radius 2 is 1.91 bits per heavy atom. The lowest BCUT2D eigenvalue weighted by Crippen LogP contribution is -2.28. The number of rotatable bonds is 7. The van der Waals surface area contributed by atoms with Gasteiger partial charge in [0.25, 0.3) is 0 Å². The van der Waals surface area contributed by atoms with Crippen molar-refractivity contribution in [1.29, 1.82) is 0 Å². The van der Waals surface area contributed by atoms with E-state index in [0.29, 0.717) is 13.1 Å². The van der Waals surface area contributed by atoms with E-state index in [-0.39, 0.29) is 5.91 Å². The van der Waals surface area contributed by atoms with Gasteiger partial charge in [0.15, 0.2) is 0 Å². The molecule has 0 fully saturated rings. The second-order valence-corrected chi connectivity index (χ2v) is 5.76. The van der Waals surface area contributed by atoms with E-state index in [9.17, 15) is 9.59 Å². The summed E-state index contributed by atoms with van der Waals surface area (Å²) in [4.78, 5) is 25.4. The Morgan fingerprint density at radius 1 is 1.17 bits per heavy atom. The van der Waals surface area contributed by atoms with Crippen LogP contribution in [0.25, 0.3) is 0 Å². The molecule has 0 unspecified atom stereocenters. The summed E-state index contributed by atoms with van der Waals surface area (Å²) in [5, 5.41) is 10.6. The molecule has 1 N–H and O–H groups in total. The van der Waals surface area contributed by atoms with Crippen molar-refractivity contribution in [3.8, 4) is 5.75 Å². The van der Waals surface area contributed by atoms with Crippen molar-refractivity contribution in [3.63, 3.8) is 0 Å². The first-order valence-electron chi connectivity index (χ1n) is 6.94. The lowest BCUT2D eigenvalue weighted by Gasteiger charge is -2.21. The molecule has 1 heterocycles. The molecule has 0 spiro atoms. The number of amides is 1. The normalized spacial score (nSPS) is 10.7. The molecule has 0 aliphatic heterocycles. The van der Waals surface area contributed by atoms with Gasteiger partial charge >= 0.3 is 5.97 Å². The third kappa shape index (κ3) is 4.96. The van der Waals surface area contributed by atoms with Crippen LogP contribution in [0.4, 0.5) is 0 Å². The number of hydrogen-bond donors (Lipinski definition) is 1. The molecule has 1 amide bonds. The highest BCUT2D eigenvalue weighted by Crippen LogP contribution is 2.26. The fourth-order valence-corrected chi connectivity index (χ4v) is 2.92. The molecule has 0 saturated carbocycles. The number of carbonyl (C=O) groups excluding carboxylic acids is 1. The van der Waals surface area contributed by atoms with Crippen molar-refractivity contribution in [2.45, 2.75) is 13.1 Å². The number of thiophene rings is 1. The molecule has 0 saturated heterocycles. The second-order valence-electron chi connectivity index (χ2n) is 4.76. The summed E-state index contributed by atoms with van der Waals surface area (Å²) >= 11 is 1.50. The van der Waals surface area contributed by atoms with Crippen LogP contribution in [-0.4, -0.2) is 29.0 Å². The van der Waals surface area contributed by atoms with Crippen molar-refractivity contribution in [2.75, 3.05) is 7.11 Å². The maximum atomic E-state index is 12.3. The van der Waals surface area contributed by atoms with Gasteiger partial charge in [0.05, 0.1) is 18.5 Å². The Hall–Kier alpha value is -2.60. The lowest BCUT2D eigenvalue weighted by molar-refractivity contribution is -0.132. The molecule has 1 aromatic carbocycles. The summed E-state index contributed by atoms with van der Waals surface area (Å²) in [6.45, 7) is 0.753. The Bertz CT molecular complexity index is 694. The summed E-state index contributed by atoms with van der Waals surface area (Å²) < 4.78 is 5.27. The minimum absolute atomic E-state index is 0.355. The number of ether oxygens (including phenoxy) is 1. The molecule has 0 aliphatic carbocycles. The quantitative estimate of drug-likeness (QED) is 0.792. The van der Waals surface area contributed by atoms with Crippen molar-refractivity contribution in [1.82, 2.24) is 4.90 Å². The zero-order chi connectivity index (χ0) is 16.7. The molecule has 1 aromatic heterocycles. The Kier molecular flexibility index (Phi) is 5.94. The topological polar surface area (TPSA) is 66.8 Å². The molecular weight excluding hydrogens is 314 g/mol. The van der Waals surface area contributed by atoms with Gasteiger partial charge in [-0.25, -0.2) is 4.79 Å². The van der Waals surface area contributed by atoms with Gasteiger partial charge in [-0.05, 0) is 17.0 Å². The predicted octanol–water partition coefficient (Wildman–Crippen LogP) is 2.93. The molecule has 120 valence electrons. The first-order chi connectivity index (χ1) is 11.1. The Labute approximate surface area is 138 Å². The van der Waals surface area contributed by atoms with Gasteiger partial charge in [0.1, 0.15) is 5.75 Å². The van der Waals surface area contributed by atoms with Crippen LogP contribution < -0.4 is 4.74 Å². The molecule has 6 heteroatoms.